The molecule has 6 heteroatoms. The van der Waals surface area contributed by atoms with E-state index in [1.165, 1.54) is 6.07 Å². The number of hydrogen-bond acceptors (Lipinski definition) is 2. The van der Waals surface area contributed by atoms with Crippen LogP contribution >= 0.6 is 0 Å². The Labute approximate surface area is 109 Å². The fraction of sp³-hybridized carbons (Fsp3) is 0.538. The quantitative estimate of drug-likeness (QED) is 0.860. The average Bonchev–Trinajstić information content (AvgIpc) is 2.77. The van der Waals surface area contributed by atoms with Crippen molar-refractivity contribution >= 4 is 0 Å². The fourth-order valence-corrected chi connectivity index (χ4v) is 2.54. The molecule has 106 valence electrons. The second-order valence-corrected chi connectivity index (χ2v) is 4.80. The second kappa shape index (κ2) is 5.46. The monoisotopic (exact) mass is 276 g/mol. The lowest BCUT2D eigenvalue weighted by Gasteiger charge is -2.24. The first kappa shape index (κ1) is 14.3. The van der Waals surface area contributed by atoms with Crippen LogP contribution in [-0.4, -0.2) is 24.0 Å². The van der Waals surface area contributed by atoms with E-state index in [1.54, 1.807) is 0 Å². The molecule has 1 aliphatic heterocycles. The van der Waals surface area contributed by atoms with Crippen LogP contribution in [0.15, 0.2) is 18.2 Å². The van der Waals surface area contributed by atoms with Crippen molar-refractivity contribution in [2.75, 3.05) is 13.1 Å². The van der Waals surface area contributed by atoms with Gasteiger partial charge in [0.2, 0.25) is 0 Å². The summed E-state index contributed by atoms with van der Waals surface area (Å²) < 4.78 is 51.6. The highest BCUT2D eigenvalue weighted by Gasteiger charge is 2.35. The highest BCUT2D eigenvalue weighted by Crippen LogP contribution is 2.34. The van der Waals surface area contributed by atoms with Gasteiger partial charge in [0.25, 0.3) is 0 Å². The topological polar surface area (TPSA) is 29.3 Å². The normalized spacial score (nSPS) is 21.0. The Morgan fingerprint density at radius 3 is 2.68 bits per heavy atom. The molecule has 1 aromatic rings. The molecule has 1 aromatic carbocycles. The molecule has 19 heavy (non-hydrogen) atoms. The van der Waals surface area contributed by atoms with Gasteiger partial charge in [-0.1, -0.05) is 6.07 Å². The predicted molar refractivity (Wildman–Crippen MR) is 63.9 cm³/mol. The molecule has 2 rings (SSSR count). The lowest BCUT2D eigenvalue weighted by atomic mass is 10.1. The molecule has 1 heterocycles. The van der Waals surface area contributed by atoms with Gasteiger partial charge in [0, 0.05) is 19.1 Å². The molecule has 0 saturated carbocycles. The van der Waals surface area contributed by atoms with E-state index in [2.05, 4.69) is 0 Å². The summed E-state index contributed by atoms with van der Waals surface area (Å²) >= 11 is 0. The third-order valence-corrected chi connectivity index (χ3v) is 3.52. The van der Waals surface area contributed by atoms with Gasteiger partial charge in [0.05, 0.1) is 5.56 Å². The number of rotatable bonds is 3. The standard InChI is InChI=1S/C13H16F4N2/c14-10-4-3-9(12(6-10)13(15,16)17)8-19-5-1-2-11(19)7-18/h3-4,6,11H,1-2,5,7-8,18H2. The van der Waals surface area contributed by atoms with Crippen molar-refractivity contribution in [2.45, 2.75) is 31.6 Å². The Morgan fingerprint density at radius 1 is 1.32 bits per heavy atom. The van der Waals surface area contributed by atoms with Crippen LogP contribution < -0.4 is 5.73 Å². The smallest absolute Gasteiger partial charge is 0.329 e. The van der Waals surface area contributed by atoms with E-state index in [0.29, 0.717) is 12.6 Å². The fourth-order valence-electron chi connectivity index (χ4n) is 2.54. The number of benzene rings is 1. The van der Waals surface area contributed by atoms with Crippen LogP contribution in [0.5, 0.6) is 0 Å². The summed E-state index contributed by atoms with van der Waals surface area (Å²) in [4.78, 5) is 1.93. The van der Waals surface area contributed by atoms with E-state index in [9.17, 15) is 17.6 Å². The van der Waals surface area contributed by atoms with Crippen LogP contribution in [0.4, 0.5) is 17.6 Å². The first-order valence-electron chi connectivity index (χ1n) is 6.21. The Balaban J connectivity index is 2.25. The van der Waals surface area contributed by atoms with Gasteiger partial charge >= 0.3 is 6.18 Å². The van der Waals surface area contributed by atoms with Crippen molar-refractivity contribution in [2.24, 2.45) is 5.73 Å². The minimum absolute atomic E-state index is 0.106. The molecule has 0 radical (unpaired) electrons. The zero-order valence-electron chi connectivity index (χ0n) is 10.4. The summed E-state index contributed by atoms with van der Waals surface area (Å²) in [6.07, 6.45) is -2.70. The van der Waals surface area contributed by atoms with E-state index in [1.807, 2.05) is 4.90 Å². The minimum atomic E-state index is -4.53. The van der Waals surface area contributed by atoms with Crippen molar-refractivity contribution in [1.82, 2.24) is 4.90 Å². The van der Waals surface area contributed by atoms with Gasteiger partial charge < -0.3 is 5.73 Å². The van der Waals surface area contributed by atoms with E-state index in [4.69, 9.17) is 5.73 Å². The summed E-state index contributed by atoms with van der Waals surface area (Å²) in [7, 11) is 0. The summed E-state index contributed by atoms with van der Waals surface area (Å²) in [5.74, 6) is -0.868. The lowest BCUT2D eigenvalue weighted by Crippen LogP contribution is -2.35. The zero-order chi connectivity index (χ0) is 14.0. The highest BCUT2D eigenvalue weighted by atomic mass is 19.4. The van der Waals surface area contributed by atoms with Gasteiger partial charge in [-0.2, -0.15) is 13.2 Å². The molecular weight excluding hydrogens is 260 g/mol. The maximum Gasteiger partial charge on any atom is 0.416 e. The average molecular weight is 276 g/mol. The lowest BCUT2D eigenvalue weighted by molar-refractivity contribution is -0.138. The third-order valence-electron chi connectivity index (χ3n) is 3.52. The van der Waals surface area contributed by atoms with Crippen LogP contribution in [0, 0.1) is 5.82 Å². The van der Waals surface area contributed by atoms with Crippen molar-refractivity contribution in [3.05, 3.63) is 35.1 Å². The predicted octanol–water partition coefficient (Wildman–Crippen LogP) is 2.77. The first-order chi connectivity index (χ1) is 8.91. The van der Waals surface area contributed by atoms with Gasteiger partial charge in [0.1, 0.15) is 5.82 Å². The molecular formula is C13H16F4N2. The minimum Gasteiger partial charge on any atom is -0.329 e. The Morgan fingerprint density at radius 2 is 2.05 bits per heavy atom. The van der Waals surface area contributed by atoms with E-state index in [0.717, 1.165) is 25.5 Å². The molecule has 2 nitrogen and oxygen atoms in total. The van der Waals surface area contributed by atoms with Gasteiger partial charge in [0.15, 0.2) is 0 Å². The SMILES string of the molecule is NCC1CCCN1Cc1ccc(F)cc1C(F)(F)F. The maximum absolute atomic E-state index is 13.0. The van der Waals surface area contributed by atoms with Crippen molar-refractivity contribution < 1.29 is 17.6 Å². The molecule has 0 aliphatic carbocycles. The Hall–Kier alpha value is -1.14. The van der Waals surface area contributed by atoms with Crippen LogP contribution in [0.25, 0.3) is 0 Å². The molecule has 1 saturated heterocycles. The molecule has 2 N–H and O–H groups in total. The summed E-state index contributed by atoms with van der Waals surface area (Å²) in [6, 6.07) is 2.96. The van der Waals surface area contributed by atoms with Gasteiger partial charge in [-0.15, -0.1) is 0 Å². The van der Waals surface area contributed by atoms with Gasteiger partial charge in [-0.25, -0.2) is 4.39 Å². The third kappa shape index (κ3) is 3.25. The van der Waals surface area contributed by atoms with Crippen LogP contribution in [0.2, 0.25) is 0 Å². The Bertz CT molecular complexity index is 445. The summed E-state index contributed by atoms with van der Waals surface area (Å²) in [5.41, 5.74) is 4.81. The van der Waals surface area contributed by atoms with Crippen molar-refractivity contribution in [3.8, 4) is 0 Å². The van der Waals surface area contributed by atoms with Crippen molar-refractivity contribution in [3.63, 3.8) is 0 Å². The summed E-state index contributed by atoms with van der Waals surface area (Å²) in [5, 5.41) is 0. The maximum atomic E-state index is 13.0. The van der Waals surface area contributed by atoms with Crippen LogP contribution in [-0.2, 0) is 12.7 Å². The first-order valence-corrected chi connectivity index (χ1v) is 6.21. The molecule has 0 aromatic heterocycles. The number of likely N-dealkylation sites (tertiary alicyclic amines) is 1. The molecule has 1 fully saturated rings. The molecule has 1 unspecified atom stereocenters. The van der Waals surface area contributed by atoms with E-state index >= 15 is 0 Å². The largest absolute Gasteiger partial charge is 0.416 e. The van der Waals surface area contributed by atoms with Gasteiger partial charge in [-0.3, -0.25) is 4.90 Å². The molecule has 1 aliphatic rings. The molecule has 0 amide bonds. The second-order valence-electron chi connectivity index (χ2n) is 4.80. The number of nitrogens with two attached hydrogens (primary N) is 1. The highest BCUT2D eigenvalue weighted by molar-refractivity contribution is 5.30. The number of hydrogen-bond donors (Lipinski definition) is 1. The summed E-state index contributed by atoms with van der Waals surface area (Å²) in [6.45, 7) is 1.33. The van der Waals surface area contributed by atoms with Crippen molar-refractivity contribution in [1.29, 1.82) is 0 Å². The number of alkyl halides is 3. The van der Waals surface area contributed by atoms with Crippen LogP contribution in [0.3, 0.4) is 0 Å². The molecule has 0 bridgehead atoms. The Kier molecular flexibility index (Phi) is 4.10. The van der Waals surface area contributed by atoms with Crippen LogP contribution in [0.1, 0.15) is 24.0 Å². The molecule has 0 spiro atoms. The van der Waals surface area contributed by atoms with E-state index in [-0.39, 0.29) is 18.2 Å². The zero-order valence-corrected chi connectivity index (χ0v) is 10.4. The van der Waals surface area contributed by atoms with E-state index < -0.39 is 17.6 Å². The number of halogens is 4. The van der Waals surface area contributed by atoms with Gasteiger partial charge in [-0.05, 0) is 37.1 Å². The molecule has 1 atom stereocenters. The number of nitrogens with zero attached hydrogens (tertiary/aromatic N) is 1.